The fraction of sp³-hybridized carbons (Fsp3) is 0.800. The van der Waals surface area contributed by atoms with Crippen LogP contribution in [0, 0.1) is 18.8 Å². The van der Waals surface area contributed by atoms with Gasteiger partial charge in [-0.15, -0.1) is 0 Å². The monoisotopic (exact) mass is 262 g/mol. The van der Waals surface area contributed by atoms with Gasteiger partial charge in [0.05, 0.1) is 11.4 Å². The Kier molecular flexibility index (Phi) is 3.18. The molecular weight excluding hydrogens is 236 g/mol. The molecule has 1 aromatic rings. The van der Waals surface area contributed by atoms with Crippen LogP contribution in [-0.2, 0) is 13.1 Å². The predicted molar refractivity (Wildman–Crippen MR) is 77.0 cm³/mol. The lowest BCUT2D eigenvalue weighted by Crippen LogP contribution is -2.44. The molecule has 0 amide bonds. The van der Waals surface area contributed by atoms with Gasteiger partial charge in [-0.05, 0) is 52.1 Å². The maximum Gasteiger partial charge on any atom is 0.0597 e. The predicted octanol–water partition coefficient (Wildman–Crippen LogP) is 1.64. The molecule has 4 nitrogen and oxygen atoms in total. The van der Waals surface area contributed by atoms with Crippen LogP contribution in [-0.4, -0.2) is 39.9 Å². The van der Waals surface area contributed by atoms with Crippen LogP contribution in [0.1, 0.15) is 32.2 Å². The Bertz CT molecular complexity index is 463. The molecule has 19 heavy (non-hydrogen) atoms. The van der Waals surface area contributed by atoms with E-state index in [1.165, 1.54) is 25.3 Å². The molecule has 3 rings (SSSR count). The van der Waals surface area contributed by atoms with E-state index < -0.39 is 0 Å². The Morgan fingerprint density at radius 2 is 2.21 bits per heavy atom. The first-order valence-electron chi connectivity index (χ1n) is 7.51. The molecule has 2 fully saturated rings. The molecule has 0 aliphatic carbocycles. The topological polar surface area (TPSA) is 33.1 Å². The summed E-state index contributed by atoms with van der Waals surface area (Å²) in [4.78, 5) is 2.66. The zero-order valence-corrected chi connectivity index (χ0v) is 12.6. The number of hydrogen-bond donors (Lipinski definition) is 1. The average Bonchev–Trinajstić information content (AvgIpc) is 2.99. The summed E-state index contributed by atoms with van der Waals surface area (Å²) in [5.41, 5.74) is 2.79. The lowest BCUT2D eigenvalue weighted by molar-refractivity contribution is 0.128. The molecule has 0 aromatic carbocycles. The maximum atomic E-state index is 4.57. The van der Waals surface area contributed by atoms with E-state index in [0.717, 1.165) is 30.6 Å². The third kappa shape index (κ3) is 2.11. The van der Waals surface area contributed by atoms with Crippen molar-refractivity contribution in [1.29, 1.82) is 0 Å². The lowest BCUT2D eigenvalue weighted by Gasteiger charge is -2.35. The van der Waals surface area contributed by atoms with Crippen LogP contribution in [0.5, 0.6) is 0 Å². The molecule has 1 N–H and O–H groups in total. The number of rotatable bonds is 3. The van der Waals surface area contributed by atoms with Crippen molar-refractivity contribution in [3.63, 3.8) is 0 Å². The SMILES string of the molecule is CCn1nc(C)cc1CN1CC2CNCC2C1(C)C. The highest BCUT2D eigenvalue weighted by Gasteiger charge is 2.49. The molecule has 0 radical (unpaired) electrons. The lowest BCUT2D eigenvalue weighted by atomic mass is 9.85. The van der Waals surface area contributed by atoms with E-state index in [4.69, 9.17) is 0 Å². The number of nitrogens with zero attached hydrogens (tertiary/aromatic N) is 3. The maximum absolute atomic E-state index is 4.57. The fourth-order valence-electron chi connectivity index (χ4n) is 3.97. The quantitative estimate of drug-likeness (QED) is 0.899. The van der Waals surface area contributed by atoms with Crippen molar-refractivity contribution in [3.05, 3.63) is 17.5 Å². The van der Waals surface area contributed by atoms with Crippen LogP contribution in [0.3, 0.4) is 0 Å². The van der Waals surface area contributed by atoms with E-state index in [2.05, 4.69) is 53.8 Å². The van der Waals surface area contributed by atoms with Gasteiger partial charge >= 0.3 is 0 Å². The van der Waals surface area contributed by atoms with Crippen molar-refractivity contribution in [2.75, 3.05) is 19.6 Å². The zero-order valence-electron chi connectivity index (χ0n) is 12.6. The van der Waals surface area contributed by atoms with E-state index >= 15 is 0 Å². The summed E-state index contributed by atoms with van der Waals surface area (Å²) in [5, 5.41) is 8.12. The highest BCUT2D eigenvalue weighted by atomic mass is 15.3. The van der Waals surface area contributed by atoms with Crippen molar-refractivity contribution < 1.29 is 0 Å². The van der Waals surface area contributed by atoms with Crippen LogP contribution >= 0.6 is 0 Å². The standard InChI is InChI=1S/C15H26N4/c1-5-19-13(6-11(2)17-19)10-18-9-12-7-16-8-14(12)15(18,3)4/h6,12,14,16H,5,7-10H2,1-4H3. The molecule has 2 aliphatic heterocycles. The van der Waals surface area contributed by atoms with Gasteiger partial charge in [0.1, 0.15) is 0 Å². The minimum absolute atomic E-state index is 0.297. The van der Waals surface area contributed by atoms with E-state index in [9.17, 15) is 0 Å². The second kappa shape index (κ2) is 4.60. The second-order valence-electron chi connectivity index (χ2n) is 6.65. The third-order valence-electron chi connectivity index (χ3n) is 5.16. The summed E-state index contributed by atoms with van der Waals surface area (Å²) < 4.78 is 2.15. The van der Waals surface area contributed by atoms with Crippen LogP contribution in [0.4, 0.5) is 0 Å². The Labute approximate surface area is 116 Å². The first kappa shape index (κ1) is 13.1. The molecule has 2 unspecified atom stereocenters. The van der Waals surface area contributed by atoms with Gasteiger partial charge in [-0.3, -0.25) is 9.58 Å². The number of nitrogens with one attached hydrogen (secondary N) is 1. The van der Waals surface area contributed by atoms with E-state index in [1.54, 1.807) is 0 Å². The minimum Gasteiger partial charge on any atom is -0.316 e. The van der Waals surface area contributed by atoms with Crippen molar-refractivity contribution in [2.45, 2.75) is 46.3 Å². The number of fused-ring (bicyclic) bond motifs is 1. The van der Waals surface area contributed by atoms with Gasteiger partial charge in [0.2, 0.25) is 0 Å². The Hall–Kier alpha value is -0.870. The van der Waals surface area contributed by atoms with Gasteiger partial charge in [0.15, 0.2) is 0 Å². The number of likely N-dealkylation sites (tertiary alicyclic amines) is 1. The van der Waals surface area contributed by atoms with E-state index in [0.29, 0.717) is 5.54 Å². The summed E-state index contributed by atoms with van der Waals surface area (Å²) in [6.07, 6.45) is 0. The van der Waals surface area contributed by atoms with Gasteiger partial charge < -0.3 is 5.32 Å². The van der Waals surface area contributed by atoms with Crippen LogP contribution in [0.2, 0.25) is 0 Å². The van der Waals surface area contributed by atoms with Gasteiger partial charge in [-0.2, -0.15) is 5.10 Å². The molecule has 3 heterocycles. The van der Waals surface area contributed by atoms with E-state index in [-0.39, 0.29) is 0 Å². The highest BCUT2D eigenvalue weighted by molar-refractivity contribution is 5.12. The number of hydrogen-bond acceptors (Lipinski definition) is 3. The normalized spacial score (nSPS) is 29.9. The van der Waals surface area contributed by atoms with E-state index in [1.807, 2.05) is 0 Å². The second-order valence-corrected chi connectivity index (χ2v) is 6.65. The Morgan fingerprint density at radius 1 is 1.42 bits per heavy atom. The Balaban J connectivity index is 1.80. The highest BCUT2D eigenvalue weighted by Crippen LogP contribution is 2.41. The molecule has 4 heteroatoms. The van der Waals surface area contributed by atoms with Crippen molar-refractivity contribution in [3.8, 4) is 0 Å². The van der Waals surface area contributed by atoms with Crippen LogP contribution < -0.4 is 5.32 Å². The van der Waals surface area contributed by atoms with Gasteiger partial charge in [0, 0.05) is 31.7 Å². The molecule has 1 aromatic heterocycles. The molecule has 0 bridgehead atoms. The summed E-state index contributed by atoms with van der Waals surface area (Å²) in [6, 6.07) is 2.24. The first-order chi connectivity index (χ1) is 9.02. The average molecular weight is 262 g/mol. The smallest absolute Gasteiger partial charge is 0.0597 e. The van der Waals surface area contributed by atoms with Gasteiger partial charge in [0.25, 0.3) is 0 Å². The first-order valence-corrected chi connectivity index (χ1v) is 7.51. The summed E-state index contributed by atoms with van der Waals surface area (Å²) in [6.45, 7) is 14.7. The molecule has 2 aliphatic rings. The summed E-state index contributed by atoms with van der Waals surface area (Å²) in [7, 11) is 0. The van der Waals surface area contributed by atoms with Crippen LogP contribution in [0.15, 0.2) is 6.07 Å². The summed E-state index contributed by atoms with van der Waals surface area (Å²) in [5.74, 6) is 1.63. The molecule has 2 atom stereocenters. The minimum atomic E-state index is 0.297. The number of aryl methyl sites for hydroxylation is 2. The summed E-state index contributed by atoms with van der Waals surface area (Å²) >= 11 is 0. The zero-order chi connectivity index (χ0) is 13.6. The Morgan fingerprint density at radius 3 is 2.89 bits per heavy atom. The third-order valence-corrected chi connectivity index (χ3v) is 5.16. The van der Waals surface area contributed by atoms with Gasteiger partial charge in [-0.1, -0.05) is 0 Å². The van der Waals surface area contributed by atoms with Gasteiger partial charge in [-0.25, -0.2) is 0 Å². The molecule has 0 spiro atoms. The van der Waals surface area contributed by atoms with Crippen molar-refractivity contribution >= 4 is 0 Å². The van der Waals surface area contributed by atoms with Crippen LogP contribution in [0.25, 0.3) is 0 Å². The molecule has 0 saturated carbocycles. The number of aromatic nitrogens is 2. The fourth-order valence-corrected chi connectivity index (χ4v) is 3.97. The largest absolute Gasteiger partial charge is 0.316 e. The molecular formula is C15H26N4. The molecule has 2 saturated heterocycles. The molecule has 106 valence electrons. The van der Waals surface area contributed by atoms with Crippen molar-refractivity contribution in [1.82, 2.24) is 20.0 Å². The van der Waals surface area contributed by atoms with Crippen molar-refractivity contribution in [2.24, 2.45) is 11.8 Å².